The molecule has 0 spiro atoms. The fourth-order valence-electron chi connectivity index (χ4n) is 1.95. The van der Waals surface area contributed by atoms with E-state index < -0.39 is 5.97 Å². The number of carbonyl (C=O) groups is 2. The summed E-state index contributed by atoms with van der Waals surface area (Å²) in [6, 6.07) is -0.224. The molecule has 5 heteroatoms. The number of carboxylic acid groups (broad SMARTS) is 1. The highest BCUT2D eigenvalue weighted by atomic mass is 16.4. The van der Waals surface area contributed by atoms with E-state index in [1.165, 1.54) is 4.90 Å². The van der Waals surface area contributed by atoms with E-state index in [1.54, 1.807) is 0 Å². The molecule has 0 aliphatic rings. The second kappa shape index (κ2) is 8.77. The maximum atomic E-state index is 12.0. The second-order valence-electron chi connectivity index (χ2n) is 5.77. The molecular formula is C14H28N2O3. The van der Waals surface area contributed by atoms with E-state index >= 15 is 0 Å². The lowest BCUT2D eigenvalue weighted by Gasteiger charge is -2.26. The summed E-state index contributed by atoms with van der Waals surface area (Å²) in [5.41, 5.74) is 0. The Bertz CT molecular complexity index is 292. The van der Waals surface area contributed by atoms with Gasteiger partial charge in [-0.05, 0) is 25.2 Å². The van der Waals surface area contributed by atoms with Gasteiger partial charge in [0.25, 0.3) is 0 Å². The third kappa shape index (κ3) is 8.46. The van der Waals surface area contributed by atoms with Crippen LogP contribution in [0.1, 0.15) is 47.5 Å². The van der Waals surface area contributed by atoms with Crippen molar-refractivity contribution < 1.29 is 14.7 Å². The SMILES string of the molecule is CCC(C)CC(C)NC(=O)N(CC(=O)O)CC(C)C. The normalized spacial score (nSPS) is 14.0. The van der Waals surface area contributed by atoms with Gasteiger partial charge < -0.3 is 15.3 Å². The summed E-state index contributed by atoms with van der Waals surface area (Å²) >= 11 is 0. The standard InChI is InChI=1S/C14H28N2O3/c1-6-11(4)7-12(5)15-14(19)16(8-10(2)3)9-13(17)18/h10-12H,6-9H2,1-5H3,(H,15,19)(H,17,18). The highest BCUT2D eigenvalue weighted by Gasteiger charge is 2.19. The van der Waals surface area contributed by atoms with Crippen LogP contribution < -0.4 is 5.32 Å². The quantitative estimate of drug-likeness (QED) is 0.713. The van der Waals surface area contributed by atoms with Crippen molar-refractivity contribution in [2.45, 2.75) is 53.5 Å². The fraction of sp³-hybridized carbons (Fsp3) is 0.857. The molecule has 5 nitrogen and oxygen atoms in total. The summed E-state index contributed by atoms with van der Waals surface area (Å²) in [5, 5.41) is 11.7. The molecule has 112 valence electrons. The molecule has 0 aromatic carbocycles. The van der Waals surface area contributed by atoms with Crippen molar-refractivity contribution in [3.05, 3.63) is 0 Å². The van der Waals surface area contributed by atoms with Crippen LogP contribution in [0.2, 0.25) is 0 Å². The smallest absolute Gasteiger partial charge is 0.323 e. The Hall–Kier alpha value is -1.26. The van der Waals surface area contributed by atoms with Gasteiger partial charge in [0.05, 0.1) is 0 Å². The van der Waals surface area contributed by atoms with Crippen molar-refractivity contribution in [2.75, 3.05) is 13.1 Å². The summed E-state index contributed by atoms with van der Waals surface area (Å²) in [7, 11) is 0. The molecule has 0 aromatic heterocycles. The number of amides is 2. The summed E-state index contributed by atoms with van der Waals surface area (Å²) in [6.07, 6.45) is 1.98. The fourth-order valence-corrected chi connectivity index (χ4v) is 1.95. The maximum Gasteiger partial charge on any atom is 0.323 e. The molecule has 0 aromatic rings. The van der Waals surface area contributed by atoms with E-state index in [0.717, 1.165) is 12.8 Å². The minimum atomic E-state index is -0.981. The van der Waals surface area contributed by atoms with E-state index in [9.17, 15) is 9.59 Å². The second-order valence-corrected chi connectivity index (χ2v) is 5.77. The van der Waals surface area contributed by atoms with Crippen molar-refractivity contribution in [1.29, 1.82) is 0 Å². The lowest BCUT2D eigenvalue weighted by molar-refractivity contribution is -0.137. The van der Waals surface area contributed by atoms with Crippen LogP contribution in [-0.2, 0) is 4.79 Å². The Balaban J connectivity index is 4.41. The molecule has 0 aliphatic heterocycles. The third-order valence-electron chi connectivity index (χ3n) is 3.02. The third-order valence-corrected chi connectivity index (χ3v) is 3.02. The van der Waals surface area contributed by atoms with Gasteiger partial charge in [-0.2, -0.15) is 0 Å². The molecule has 2 N–H and O–H groups in total. The molecule has 2 atom stereocenters. The number of carbonyl (C=O) groups excluding carboxylic acids is 1. The molecule has 19 heavy (non-hydrogen) atoms. The largest absolute Gasteiger partial charge is 0.480 e. The van der Waals surface area contributed by atoms with Crippen molar-refractivity contribution in [3.8, 4) is 0 Å². The highest BCUT2D eigenvalue weighted by molar-refractivity contribution is 5.80. The Morgan fingerprint density at radius 2 is 1.79 bits per heavy atom. The van der Waals surface area contributed by atoms with E-state index in [4.69, 9.17) is 5.11 Å². The van der Waals surface area contributed by atoms with Gasteiger partial charge in [0.1, 0.15) is 6.54 Å². The number of urea groups is 1. The lowest BCUT2D eigenvalue weighted by Crippen LogP contribution is -2.47. The first kappa shape index (κ1) is 17.7. The zero-order valence-corrected chi connectivity index (χ0v) is 12.8. The van der Waals surface area contributed by atoms with Crippen molar-refractivity contribution in [2.24, 2.45) is 11.8 Å². The molecular weight excluding hydrogens is 244 g/mol. The number of carboxylic acids is 1. The molecule has 0 radical (unpaired) electrons. The minimum Gasteiger partial charge on any atom is -0.480 e. The minimum absolute atomic E-state index is 0.0610. The molecule has 2 unspecified atom stereocenters. The molecule has 0 aliphatic carbocycles. The number of hydrogen-bond acceptors (Lipinski definition) is 2. The maximum absolute atomic E-state index is 12.0. The first-order chi connectivity index (χ1) is 8.76. The predicted octanol–water partition coefficient (Wildman–Crippen LogP) is 2.56. The van der Waals surface area contributed by atoms with Gasteiger partial charge >= 0.3 is 12.0 Å². The van der Waals surface area contributed by atoms with Gasteiger partial charge in [0.15, 0.2) is 0 Å². The lowest BCUT2D eigenvalue weighted by atomic mass is 10.0. The number of hydrogen-bond donors (Lipinski definition) is 2. The highest BCUT2D eigenvalue weighted by Crippen LogP contribution is 2.10. The van der Waals surface area contributed by atoms with Crippen LogP contribution in [0.4, 0.5) is 4.79 Å². The molecule has 0 saturated heterocycles. The van der Waals surface area contributed by atoms with Crippen molar-refractivity contribution in [1.82, 2.24) is 10.2 Å². The van der Waals surface area contributed by atoms with Crippen LogP contribution in [0.5, 0.6) is 0 Å². The van der Waals surface area contributed by atoms with Gasteiger partial charge in [-0.1, -0.05) is 34.1 Å². The summed E-state index contributed by atoms with van der Waals surface area (Å²) in [6.45, 7) is 10.3. The summed E-state index contributed by atoms with van der Waals surface area (Å²) in [5.74, 6) is -0.186. The van der Waals surface area contributed by atoms with Gasteiger partial charge in [-0.3, -0.25) is 4.79 Å². The number of nitrogens with zero attached hydrogens (tertiary/aromatic N) is 1. The molecule has 0 heterocycles. The Morgan fingerprint density at radius 1 is 1.21 bits per heavy atom. The first-order valence-corrected chi connectivity index (χ1v) is 7.03. The number of rotatable bonds is 8. The average Bonchev–Trinajstić information content (AvgIpc) is 2.26. The molecule has 2 amide bonds. The van der Waals surface area contributed by atoms with Crippen LogP contribution in [0.15, 0.2) is 0 Å². The van der Waals surface area contributed by atoms with Gasteiger partial charge in [-0.15, -0.1) is 0 Å². The van der Waals surface area contributed by atoms with Gasteiger partial charge in [0, 0.05) is 12.6 Å². The van der Waals surface area contributed by atoms with Crippen LogP contribution in [0.25, 0.3) is 0 Å². The van der Waals surface area contributed by atoms with E-state index in [0.29, 0.717) is 12.5 Å². The van der Waals surface area contributed by atoms with Gasteiger partial charge in [-0.25, -0.2) is 4.79 Å². The summed E-state index contributed by atoms with van der Waals surface area (Å²) in [4.78, 5) is 24.2. The molecule has 0 saturated carbocycles. The predicted molar refractivity (Wildman–Crippen MR) is 76.1 cm³/mol. The Kier molecular flexibility index (Phi) is 8.19. The molecule has 0 bridgehead atoms. The monoisotopic (exact) mass is 272 g/mol. The topological polar surface area (TPSA) is 69.6 Å². The number of aliphatic carboxylic acids is 1. The zero-order valence-electron chi connectivity index (χ0n) is 12.8. The van der Waals surface area contributed by atoms with Crippen LogP contribution in [-0.4, -0.2) is 41.1 Å². The summed E-state index contributed by atoms with van der Waals surface area (Å²) < 4.78 is 0. The van der Waals surface area contributed by atoms with E-state index in [-0.39, 0.29) is 24.5 Å². The van der Waals surface area contributed by atoms with Crippen LogP contribution >= 0.6 is 0 Å². The van der Waals surface area contributed by atoms with Gasteiger partial charge in [0.2, 0.25) is 0 Å². The first-order valence-electron chi connectivity index (χ1n) is 7.03. The number of nitrogens with one attached hydrogen (secondary N) is 1. The van der Waals surface area contributed by atoms with Crippen molar-refractivity contribution in [3.63, 3.8) is 0 Å². The Morgan fingerprint density at radius 3 is 2.21 bits per heavy atom. The van der Waals surface area contributed by atoms with E-state index in [1.807, 2.05) is 20.8 Å². The van der Waals surface area contributed by atoms with Crippen molar-refractivity contribution >= 4 is 12.0 Å². The van der Waals surface area contributed by atoms with Crippen LogP contribution in [0, 0.1) is 11.8 Å². The average molecular weight is 272 g/mol. The molecule has 0 rings (SSSR count). The van der Waals surface area contributed by atoms with Crippen LogP contribution in [0.3, 0.4) is 0 Å². The Labute approximate surface area is 116 Å². The molecule has 0 fully saturated rings. The zero-order chi connectivity index (χ0) is 15.0. The van der Waals surface area contributed by atoms with E-state index in [2.05, 4.69) is 19.2 Å².